The van der Waals surface area contributed by atoms with Gasteiger partial charge in [-0.25, -0.2) is 0 Å². The molecule has 1 aromatic rings. The predicted octanol–water partition coefficient (Wildman–Crippen LogP) is 3.11. The molecule has 0 aromatic carbocycles. The third-order valence-corrected chi connectivity index (χ3v) is 3.15. The average Bonchev–Trinajstić information content (AvgIpc) is 2.95. The zero-order valence-corrected chi connectivity index (χ0v) is 10.3. The van der Waals surface area contributed by atoms with Crippen LogP contribution < -0.4 is 5.32 Å². The number of carbonyl (C=O) groups excluding carboxylic acids is 1. The van der Waals surface area contributed by atoms with Crippen molar-refractivity contribution in [2.24, 2.45) is 5.92 Å². The molecular formula is C12H16ClNO2. The van der Waals surface area contributed by atoms with E-state index in [1.807, 2.05) is 13.8 Å². The van der Waals surface area contributed by atoms with Crippen LogP contribution in [-0.2, 0) is 0 Å². The molecule has 2 unspecified atom stereocenters. The van der Waals surface area contributed by atoms with E-state index in [4.69, 9.17) is 16.0 Å². The van der Waals surface area contributed by atoms with Crippen LogP contribution in [0.3, 0.4) is 0 Å². The van der Waals surface area contributed by atoms with E-state index in [9.17, 15) is 4.79 Å². The molecule has 0 saturated heterocycles. The Balaban J connectivity index is 1.97. The fourth-order valence-corrected chi connectivity index (χ4v) is 1.80. The maximum absolute atomic E-state index is 11.8. The minimum Gasteiger partial charge on any atom is -0.454 e. The third kappa shape index (κ3) is 2.59. The summed E-state index contributed by atoms with van der Waals surface area (Å²) in [6.45, 7) is 3.85. The number of furan rings is 1. The van der Waals surface area contributed by atoms with Gasteiger partial charge in [-0.2, -0.15) is 0 Å². The molecule has 88 valence electrons. The van der Waals surface area contributed by atoms with Crippen LogP contribution in [0.4, 0.5) is 0 Å². The lowest BCUT2D eigenvalue weighted by Gasteiger charge is -2.10. The lowest BCUT2D eigenvalue weighted by Crippen LogP contribution is -2.33. The summed E-state index contributed by atoms with van der Waals surface area (Å²) < 4.78 is 5.36. The Bertz CT molecular complexity index is 382. The highest BCUT2D eigenvalue weighted by Crippen LogP contribution is 2.32. The Labute approximate surface area is 100 Å². The second kappa shape index (κ2) is 4.50. The van der Waals surface area contributed by atoms with Crippen molar-refractivity contribution in [2.75, 3.05) is 0 Å². The van der Waals surface area contributed by atoms with Gasteiger partial charge in [0.2, 0.25) is 0 Å². The second-order valence-corrected chi connectivity index (χ2v) is 5.07. The number of rotatable bonds is 4. The summed E-state index contributed by atoms with van der Waals surface area (Å²) in [4.78, 5) is 11.8. The largest absolute Gasteiger partial charge is 0.454 e. The lowest BCUT2D eigenvalue weighted by molar-refractivity contribution is 0.0906. The minimum atomic E-state index is -0.206. The minimum absolute atomic E-state index is 0.150. The molecule has 0 bridgehead atoms. The van der Waals surface area contributed by atoms with Gasteiger partial charge in [0.05, 0.1) is 5.38 Å². The van der Waals surface area contributed by atoms with Crippen molar-refractivity contribution in [3.05, 3.63) is 23.7 Å². The van der Waals surface area contributed by atoms with Crippen molar-refractivity contribution in [2.45, 2.75) is 38.1 Å². The molecule has 1 heterocycles. The van der Waals surface area contributed by atoms with Crippen LogP contribution in [0.5, 0.6) is 0 Å². The summed E-state index contributed by atoms with van der Waals surface area (Å²) in [6.07, 6.45) is 2.42. The van der Waals surface area contributed by atoms with E-state index < -0.39 is 0 Å². The second-order valence-electron chi connectivity index (χ2n) is 4.42. The van der Waals surface area contributed by atoms with Crippen LogP contribution in [-0.4, -0.2) is 11.9 Å². The SMILES string of the molecule is CC(Cl)c1ccc(C(=O)NC(C)C2CC2)o1. The highest BCUT2D eigenvalue weighted by atomic mass is 35.5. The topological polar surface area (TPSA) is 42.2 Å². The number of amides is 1. The average molecular weight is 242 g/mol. The molecule has 1 fully saturated rings. The van der Waals surface area contributed by atoms with Gasteiger partial charge in [-0.1, -0.05) is 0 Å². The van der Waals surface area contributed by atoms with Gasteiger partial charge in [-0.3, -0.25) is 4.79 Å². The molecule has 1 amide bonds. The van der Waals surface area contributed by atoms with Gasteiger partial charge in [-0.15, -0.1) is 11.6 Å². The number of hydrogen-bond acceptors (Lipinski definition) is 2. The van der Waals surface area contributed by atoms with Crippen molar-refractivity contribution < 1.29 is 9.21 Å². The number of hydrogen-bond donors (Lipinski definition) is 1. The van der Waals surface area contributed by atoms with Crippen molar-refractivity contribution >= 4 is 17.5 Å². The van der Waals surface area contributed by atoms with E-state index in [0.29, 0.717) is 17.4 Å². The highest BCUT2D eigenvalue weighted by Gasteiger charge is 2.29. The molecule has 1 aliphatic carbocycles. The Morgan fingerprint density at radius 1 is 1.50 bits per heavy atom. The predicted molar refractivity (Wildman–Crippen MR) is 62.6 cm³/mol. The van der Waals surface area contributed by atoms with E-state index in [-0.39, 0.29) is 17.3 Å². The number of alkyl halides is 1. The summed E-state index contributed by atoms with van der Waals surface area (Å²) in [6, 6.07) is 3.65. The van der Waals surface area contributed by atoms with Gasteiger partial charge in [0.1, 0.15) is 5.76 Å². The summed E-state index contributed by atoms with van der Waals surface area (Å²) in [5, 5.41) is 2.73. The summed E-state index contributed by atoms with van der Waals surface area (Å²) in [5.41, 5.74) is 0. The van der Waals surface area contributed by atoms with E-state index in [1.165, 1.54) is 12.8 Å². The molecule has 1 saturated carbocycles. The summed E-state index contributed by atoms with van der Waals surface area (Å²) >= 11 is 5.86. The normalized spacial score (nSPS) is 19.2. The third-order valence-electron chi connectivity index (χ3n) is 2.93. The summed E-state index contributed by atoms with van der Waals surface area (Å²) in [5.74, 6) is 1.47. The first-order chi connectivity index (χ1) is 7.58. The van der Waals surface area contributed by atoms with Gasteiger partial charge < -0.3 is 9.73 Å². The quantitative estimate of drug-likeness (QED) is 0.823. The van der Waals surface area contributed by atoms with Crippen molar-refractivity contribution in [3.63, 3.8) is 0 Å². The van der Waals surface area contributed by atoms with Gasteiger partial charge in [0.15, 0.2) is 5.76 Å². The first-order valence-corrected chi connectivity index (χ1v) is 6.06. The van der Waals surface area contributed by atoms with Gasteiger partial charge in [-0.05, 0) is 44.7 Å². The van der Waals surface area contributed by atoms with Crippen LogP contribution in [0.15, 0.2) is 16.5 Å². The van der Waals surface area contributed by atoms with Gasteiger partial charge >= 0.3 is 0 Å². The molecule has 0 radical (unpaired) electrons. The molecule has 4 heteroatoms. The van der Waals surface area contributed by atoms with Crippen LogP contribution in [0.2, 0.25) is 0 Å². The first-order valence-electron chi connectivity index (χ1n) is 5.62. The van der Waals surface area contributed by atoms with Crippen LogP contribution in [0.25, 0.3) is 0 Å². The molecule has 3 nitrogen and oxygen atoms in total. The fraction of sp³-hybridized carbons (Fsp3) is 0.583. The lowest BCUT2D eigenvalue weighted by atomic mass is 10.2. The zero-order valence-electron chi connectivity index (χ0n) is 9.50. The van der Waals surface area contributed by atoms with E-state index in [0.717, 1.165) is 0 Å². The van der Waals surface area contributed by atoms with Crippen LogP contribution >= 0.6 is 11.6 Å². The van der Waals surface area contributed by atoms with Crippen LogP contribution in [0, 0.1) is 5.92 Å². The molecule has 2 atom stereocenters. The van der Waals surface area contributed by atoms with Crippen molar-refractivity contribution in [1.82, 2.24) is 5.32 Å². The Hall–Kier alpha value is -0.960. The maximum Gasteiger partial charge on any atom is 0.287 e. The number of nitrogens with one attached hydrogen (secondary N) is 1. The Morgan fingerprint density at radius 2 is 2.19 bits per heavy atom. The Kier molecular flexibility index (Phi) is 3.24. The molecule has 1 aliphatic rings. The van der Waals surface area contributed by atoms with Crippen molar-refractivity contribution in [3.8, 4) is 0 Å². The molecular weight excluding hydrogens is 226 g/mol. The monoisotopic (exact) mass is 241 g/mol. The van der Waals surface area contributed by atoms with Crippen LogP contribution in [0.1, 0.15) is 48.4 Å². The molecule has 1 N–H and O–H groups in total. The van der Waals surface area contributed by atoms with E-state index in [1.54, 1.807) is 12.1 Å². The number of halogens is 1. The maximum atomic E-state index is 11.8. The smallest absolute Gasteiger partial charge is 0.287 e. The highest BCUT2D eigenvalue weighted by molar-refractivity contribution is 6.20. The fourth-order valence-electron chi connectivity index (χ4n) is 1.68. The molecule has 2 rings (SSSR count). The summed E-state index contributed by atoms with van der Waals surface area (Å²) in [7, 11) is 0. The Morgan fingerprint density at radius 3 is 2.69 bits per heavy atom. The van der Waals surface area contributed by atoms with Crippen molar-refractivity contribution in [1.29, 1.82) is 0 Å². The van der Waals surface area contributed by atoms with Gasteiger partial charge in [0, 0.05) is 6.04 Å². The molecule has 0 aliphatic heterocycles. The molecule has 16 heavy (non-hydrogen) atoms. The molecule has 0 spiro atoms. The van der Waals surface area contributed by atoms with Gasteiger partial charge in [0.25, 0.3) is 5.91 Å². The zero-order chi connectivity index (χ0) is 11.7. The van der Waals surface area contributed by atoms with E-state index >= 15 is 0 Å². The molecule has 1 aromatic heterocycles. The first kappa shape index (κ1) is 11.5. The van der Waals surface area contributed by atoms with E-state index in [2.05, 4.69) is 5.32 Å². The standard InChI is InChI=1S/C12H16ClNO2/c1-7(13)10-5-6-11(16-10)12(15)14-8(2)9-3-4-9/h5-9H,3-4H2,1-2H3,(H,14,15). The number of carbonyl (C=O) groups is 1.